The van der Waals surface area contributed by atoms with Crippen LogP contribution in [0.3, 0.4) is 0 Å². The van der Waals surface area contributed by atoms with E-state index < -0.39 is 0 Å². The van der Waals surface area contributed by atoms with Crippen LogP contribution in [-0.2, 0) is 6.42 Å². The molecule has 1 radical (unpaired) electrons. The van der Waals surface area contributed by atoms with Crippen molar-refractivity contribution >= 4 is 0 Å². The minimum Gasteiger partial charge on any atom is -0.0591 e. The van der Waals surface area contributed by atoms with Crippen molar-refractivity contribution in [1.82, 2.24) is 0 Å². The molecule has 1 fully saturated rings. The normalized spacial score (nSPS) is 16.4. The zero-order chi connectivity index (χ0) is 16.8. The third-order valence-electron chi connectivity index (χ3n) is 5.63. The van der Waals surface area contributed by atoms with Gasteiger partial charge in [0.05, 0.1) is 0 Å². The number of aryl methyl sites for hydroxylation is 2. The molecule has 0 heteroatoms. The molecule has 0 spiro atoms. The summed E-state index contributed by atoms with van der Waals surface area (Å²) in [7, 11) is 0. The van der Waals surface area contributed by atoms with Gasteiger partial charge in [-0.1, -0.05) is 73.9 Å². The predicted octanol–water partition coefficient (Wildman–Crippen LogP) is 7.16. The SMILES string of the molecule is C[C]1CCC(CCCCc2ccc(-c3ccc(C)cc3)cc2)CC1. The van der Waals surface area contributed by atoms with Gasteiger partial charge in [0.25, 0.3) is 0 Å². The average molecular weight is 320 g/mol. The van der Waals surface area contributed by atoms with E-state index in [1.165, 1.54) is 73.6 Å². The van der Waals surface area contributed by atoms with E-state index in [0.29, 0.717) is 0 Å². The Labute approximate surface area is 148 Å². The number of hydrogen-bond acceptors (Lipinski definition) is 0. The lowest BCUT2D eigenvalue weighted by atomic mass is 9.80. The summed E-state index contributed by atoms with van der Waals surface area (Å²) >= 11 is 0. The van der Waals surface area contributed by atoms with Crippen molar-refractivity contribution in [2.75, 3.05) is 0 Å². The van der Waals surface area contributed by atoms with E-state index in [4.69, 9.17) is 0 Å². The number of unbranched alkanes of at least 4 members (excludes halogenated alkanes) is 1. The van der Waals surface area contributed by atoms with Crippen LogP contribution in [0.5, 0.6) is 0 Å². The summed E-state index contributed by atoms with van der Waals surface area (Å²) in [6.07, 6.45) is 11.0. The van der Waals surface area contributed by atoms with Crippen LogP contribution in [0, 0.1) is 18.8 Å². The fourth-order valence-corrected chi connectivity index (χ4v) is 3.83. The summed E-state index contributed by atoms with van der Waals surface area (Å²) in [5.41, 5.74) is 5.45. The van der Waals surface area contributed by atoms with Crippen LogP contribution < -0.4 is 0 Å². The molecule has 0 saturated heterocycles. The predicted molar refractivity (Wildman–Crippen MR) is 105 cm³/mol. The molecule has 0 unspecified atom stereocenters. The Morgan fingerprint density at radius 2 is 1.33 bits per heavy atom. The fraction of sp³-hybridized carbons (Fsp3) is 0.458. The third-order valence-corrected chi connectivity index (χ3v) is 5.63. The highest BCUT2D eigenvalue weighted by Gasteiger charge is 2.17. The monoisotopic (exact) mass is 319 g/mol. The van der Waals surface area contributed by atoms with Gasteiger partial charge in [-0.3, -0.25) is 0 Å². The van der Waals surface area contributed by atoms with Crippen molar-refractivity contribution < 1.29 is 0 Å². The molecule has 0 aliphatic heterocycles. The van der Waals surface area contributed by atoms with Gasteiger partial charge in [-0.25, -0.2) is 0 Å². The summed E-state index contributed by atoms with van der Waals surface area (Å²) < 4.78 is 0. The van der Waals surface area contributed by atoms with Crippen molar-refractivity contribution in [2.24, 2.45) is 5.92 Å². The van der Waals surface area contributed by atoms with E-state index in [0.717, 1.165) is 5.92 Å². The largest absolute Gasteiger partial charge is 0.0591 e. The minimum absolute atomic E-state index is 0.998. The van der Waals surface area contributed by atoms with E-state index >= 15 is 0 Å². The van der Waals surface area contributed by atoms with Gasteiger partial charge in [0, 0.05) is 0 Å². The highest BCUT2D eigenvalue weighted by atomic mass is 14.2. The van der Waals surface area contributed by atoms with E-state index in [1.54, 1.807) is 5.92 Å². The second-order valence-electron chi connectivity index (χ2n) is 7.71. The zero-order valence-electron chi connectivity index (χ0n) is 15.4. The topological polar surface area (TPSA) is 0 Å². The first-order valence-corrected chi connectivity index (χ1v) is 9.68. The Hall–Kier alpha value is -1.56. The van der Waals surface area contributed by atoms with Gasteiger partial charge in [-0.05, 0) is 74.0 Å². The maximum atomic E-state index is 2.33. The van der Waals surface area contributed by atoms with Gasteiger partial charge in [-0.2, -0.15) is 0 Å². The summed E-state index contributed by atoms with van der Waals surface area (Å²) in [6, 6.07) is 18.0. The molecule has 1 saturated carbocycles. The molecule has 127 valence electrons. The van der Waals surface area contributed by atoms with Gasteiger partial charge < -0.3 is 0 Å². The first kappa shape index (κ1) is 17.3. The molecule has 0 aromatic heterocycles. The molecule has 1 aliphatic rings. The quantitative estimate of drug-likeness (QED) is 0.495. The van der Waals surface area contributed by atoms with Crippen LogP contribution in [0.1, 0.15) is 63.0 Å². The summed E-state index contributed by atoms with van der Waals surface area (Å²) in [4.78, 5) is 0. The van der Waals surface area contributed by atoms with Gasteiger partial charge in [-0.15, -0.1) is 0 Å². The molecule has 0 N–H and O–H groups in total. The van der Waals surface area contributed by atoms with Crippen molar-refractivity contribution in [3.05, 3.63) is 65.6 Å². The van der Waals surface area contributed by atoms with E-state index in [9.17, 15) is 0 Å². The Morgan fingerprint density at radius 3 is 1.96 bits per heavy atom. The first-order valence-electron chi connectivity index (χ1n) is 9.68. The standard InChI is InChI=1S/C24H31/c1-19-7-11-21(12-8-19)5-3-4-6-22-13-17-24(18-14-22)23-15-9-20(2)10-16-23/h9-10,13-18,21H,3-8,11-12H2,1-2H3. The molecule has 0 bridgehead atoms. The average Bonchev–Trinajstić information content (AvgIpc) is 2.62. The van der Waals surface area contributed by atoms with Gasteiger partial charge in [0.1, 0.15) is 0 Å². The zero-order valence-corrected chi connectivity index (χ0v) is 15.4. The smallest absolute Gasteiger partial charge is 0.0184 e. The second kappa shape index (κ2) is 8.51. The summed E-state index contributed by atoms with van der Waals surface area (Å²) in [6.45, 7) is 4.47. The lowest BCUT2D eigenvalue weighted by Gasteiger charge is -2.25. The van der Waals surface area contributed by atoms with Crippen molar-refractivity contribution in [2.45, 2.75) is 65.2 Å². The first-order chi connectivity index (χ1) is 11.7. The fourth-order valence-electron chi connectivity index (χ4n) is 3.83. The summed E-state index contributed by atoms with van der Waals surface area (Å²) in [5, 5.41) is 0. The number of rotatable bonds is 6. The molecule has 3 rings (SSSR count). The molecule has 0 amide bonds. The summed E-state index contributed by atoms with van der Waals surface area (Å²) in [5.74, 6) is 2.72. The van der Waals surface area contributed by atoms with Crippen LogP contribution in [0.25, 0.3) is 11.1 Å². The Morgan fingerprint density at radius 1 is 0.750 bits per heavy atom. The van der Waals surface area contributed by atoms with Crippen LogP contribution >= 0.6 is 0 Å². The molecular formula is C24H31. The molecule has 0 atom stereocenters. The van der Waals surface area contributed by atoms with Gasteiger partial charge in [0.15, 0.2) is 0 Å². The third kappa shape index (κ3) is 4.97. The number of benzene rings is 2. The lowest BCUT2D eigenvalue weighted by Crippen LogP contribution is -2.10. The molecule has 2 aromatic rings. The molecular weight excluding hydrogens is 288 g/mol. The van der Waals surface area contributed by atoms with Crippen LogP contribution in [0.15, 0.2) is 48.5 Å². The Bertz CT molecular complexity index is 597. The molecule has 2 aromatic carbocycles. The molecule has 0 nitrogen and oxygen atoms in total. The van der Waals surface area contributed by atoms with E-state index in [1.807, 2.05) is 0 Å². The van der Waals surface area contributed by atoms with Crippen LogP contribution in [-0.4, -0.2) is 0 Å². The van der Waals surface area contributed by atoms with Gasteiger partial charge in [0.2, 0.25) is 0 Å². The van der Waals surface area contributed by atoms with E-state index in [-0.39, 0.29) is 0 Å². The van der Waals surface area contributed by atoms with Gasteiger partial charge >= 0.3 is 0 Å². The maximum absolute atomic E-state index is 2.33. The van der Waals surface area contributed by atoms with E-state index in [2.05, 4.69) is 62.4 Å². The van der Waals surface area contributed by atoms with Crippen LogP contribution in [0.4, 0.5) is 0 Å². The maximum Gasteiger partial charge on any atom is -0.0184 e. The second-order valence-corrected chi connectivity index (χ2v) is 7.71. The molecule has 0 heterocycles. The lowest BCUT2D eigenvalue weighted by molar-refractivity contribution is 0.347. The Balaban J connectivity index is 1.42. The molecule has 24 heavy (non-hydrogen) atoms. The van der Waals surface area contributed by atoms with Crippen molar-refractivity contribution in [1.29, 1.82) is 0 Å². The van der Waals surface area contributed by atoms with Crippen molar-refractivity contribution in [3.8, 4) is 11.1 Å². The van der Waals surface area contributed by atoms with Crippen molar-refractivity contribution in [3.63, 3.8) is 0 Å². The number of hydrogen-bond donors (Lipinski definition) is 0. The Kier molecular flexibility index (Phi) is 6.12. The molecule has 1 aliphatic carbocycles. The minimum atomic E-state index is 0.998. The highest BCUT2D eigenvalue weighted by molar-refractivity contribution is 5.63. The highest BCUT2D eigenvalue weighted by Crippen LogP contribution is 2.32. The van der Waals surface area contributed by atoms with Crippen LogP contribution in [0.2, 0.25) is 0 Å².